The molecule has 0 aliphatic carbocycles. The highest BCUT2D eigenvalue weighted by Gasteiger charge is 2.03. The van der Waals surface area contributed by atoms with Crippen LogP contribution in [-0.4, -0.2) is 4.98 Å². The van der Waals surface area contributed by atoms with Crippen molar-refractivity contribution in [2.75, 3.05) is 0 Å². The molecule has 0 spiro atoms. The van der Waals surface area contributed by atoms with Crippen LogP contribution in [0.1, 0.15) is 30.9 Å². The van der Waals surface area contributed by atoms with Gasteiger partial charge in [-0.25, -0.2) is 0 Å². The second kappa shape index (κ2) is 5.53. The number of pyridine rings is 1. The Morgan fingerprint density at radius 2 is 1.78 bits per heavy atom. The van der Waals surface area contributed by atoms with E-state index in [-0.39, 0.29) is 5.56 Å². The van der Waals surface area contributed by atoms with Gasteiger partial charge in [-0.05, 0) is 23.1 Å². The van der Waals surface area contributed by atoms with Gasteiger partial charge >= 0.3 is 0 Å². The van der Waals surface area contributed by atoms with E-state index in [4.69, 9.17) is 0 Å². The molecule has 1 aromatic heterocycles. The average molecular weight is 306 g/mol. The van der Waals surface area contributed by atoms with Gasteiger partial charge < -0.3 is 4.98 Å². The summed E-state index contributed by atoms with van der Waals surface area (Å²) in [6.45, 7) is 4.34. The number of halogens is 1. The molecule has 0 saturated carbocycles. The predicted molar refractivity (Wildman–Crippen MR) is 79.2 cm³/mol. The van der Waals surface area contributed by atoms with Crippen molar-refractivity contribution in [1.82, 2.24) is 4.98 Å². The zero-order valence-electron chi connectivity index (χ0n) is 10.5. The van der Waals surface area contributed by atoms with Crippen molar-refractivity contribution in [1.29, 1.82) is 0 Å². The maximum absolute atomic E-state index is 11.7. The molecule has 0 aliphatic heterocycles. The van der Waals surface area contributed by atoms with Gasteiger partial charge in [0.1, 0.15) is 0 Å². The smallest absolute Gasteiger partial charge is 0.252 e. The SMILES string of the molecule is CC(C)c1ccc(-c2ccc(CBr)c(=O)[nH]2)cc1. The van der Waals surface area contributed by atoms with E-state index in [0.29, 0.717) is 11.2 Å². The number of H-pyrrole nitrogens is 1. The summed E-state index contributed by atoms with van der Waals surface area (Å²) in [5.41, 5.74) is 3.92. The number of aromatic nitrogens is 1. The number of rotatable bonds is 3. The van der Waals surface area contributed by atoms with Gasteiger partial charge in [0.2, 0.25) is 0 Å². The minimum atomic E-state index is -0.0303. The van der Waals surface area contributed by atoms with Crippen LogP contribution in [0.4, 0.5) is 0 Å². The summed E-state index contributed by atoms with van der Waals surface area (Å²) in [4.78, 5) is 14.6. The highest BCUT2D eigenvalue weighted by molar-refractivity contribution is 9.08. The molecule has 0 unspecified atom stereocenters. The average Bonchev–Trinajstić information content (AvgIpc) is 2.38. The number of nitrogens with one attached hydrogen (secondary N) is 1. The lowest BCUT2D eigenvalue weighted by molar-refractivity contribution is 0.867. The van der Waals surface area contributed by atoms with E-state index >= 15 is 0 Å². The number of hydrogen-bond acceptors (Lipinski definition) is 1. The van der Waals surface area contributed by atoms with Gasteiger partial charge in [-0.15, -0.1) is 0 Å². The molecule has 1 aromatic carbocycles. The molecular weight excluding hydrogens is 290 g/mol. The van der Waals surface area contributed by atoms with E-state index in [9.17, 15) is 4.79 Å². The van der Waals surface area contributed by atoms with Crippen molar-refractivity contribution in [2.24, 2.45) is 0 Å². The highest BCUT2D eigenvalue weighted by atomic mass is 79.9. The molecule has 0 aliphatic rings. The first kappa shape index (κ1) is 13.1. The van der Waals surface area contributed by atoms with Crippen LogP contribution in [0.3, 0.4) is 0 Å². The molecule has 0 bridgehead atoms. The monoisotopic (exact) mass is 305 g/mol. The summed E-state index contributed by atoms with van der Waals surface area (Å²) in [6.07, 6.45) is 0. The molecule has 94 valence electrons. The first-order valence-electron chi connectivity index (χ1n) is 6.00. The van der Waals surface area contributed by atoms with Crippen LogP contribution >= 0.6 is 15.9 Å². The fourth-order valence-corrected chi connectivity index (χ4v) is 2.27. The van der Waals surface area contributed by atoms with Crippen LogP contribution in [0, 0.1) is 0 Å². The van der Waals surface area contributed by atoms with E-state index in [0.717, 1.165) is 16.8 Å². The van der Waals surface area contributed by atoms with Crippen molar-refractivity contribution >= 4 is 15.9 Å². The topological polar surface area (TPSA) is 32.9 Å². The number of aromatic amines is 1. The lowest BCUT2D eigenvalue weighted by Crippen LogP contribution is -2.11. The van der Waals surface area contributed by atoms with Gasteiger partial charge in [0.25, 0.3) is 5.56 Å². The zero-order valence-corrected chi connectivity index (χ0v) is 12.1. The van der Waals surface area contributed by atoms with Crippen molar-refractivity contribution in [2.45, 2.75) is 25.1 Å². The molecule has 18 heavy (non-hydrogen) atoms. The van der Waals surface area contributed by atoms with Crippen molar-refractivity contribution < 1.29 is 0 Å². The highest BCUT2D eigenvalue weighted by Crippen LogP contribution is 2.20. The van der Waals surface area contributed by atoms with Crippen molar-refractivity contribution in [3.05, 3.63) is 57.9 Å². The third-order valence-corrected chi connectivity index (χ3v) is 3.63. The summed E-state index contributed by atoms with van der Waals surface area (Å²) in [7, 11) is 0. The lowest BCUT2D eigenvalue weighted by atomic mass is 10.0. The molecule has 1 heterocycles. The molecule has 2 aromatic rings. The molecule has 1 N–H and O–H groups in total. The van der Waals surface area contributed by atoms with Gasteiger partial charge in [-0.3, -0.25) is 4.79 Å². The molecule has 0 fully saturated rings. The molecule has 2 rings (SSSR count). The van der Waals surface area contributed by atoms with Crippen LogP contribution in [0.15, 0.2) is 41.2 Å². The van der Waals surface area contributed by atoms with Crippen molar-refractivity contribution in [3.8, 4) is 11.3 Å². The summed E-state index contributed by atoms with van der Waals surface area (Å²) in [5, 5.41) is 0.578. The molecule has 3 heteroatoms. The largest absolute Gasteiger partial charge is 0.322 e. The zero-order chi connectivity index (χ0) is 13.1. The van der Waals surface area contributed by atoms with Crippen LogP contribution in [0.5, 0.6) is 0 Å². The van der Waals surface area contributed by atoms with Crippen LogP contribution in [0.25, 0.3) is 11.3 Å². The maximum atomic E-state index is 11.7. The molecule has 0 radical (unpaired) electrons. The Bertz CT molecular complexity index is 584. The number of hydrogen-bond donors (Lipinski definition) is 1. The van der Waals surface area contributed by atoms with E-state index in [1.807, 2.05) is 12.1 Å². The van der Waals surface area contributed by atoms with Crippen LogP contribution in [-0.2, 0) is 5.33 Å². The summed E-state index contributed by atoms with van der Waals surface area (Å²) in [5.74, 6) is 0.522. The van der Waals surface area contributed by atoms with Gasteiger partial charge in [0, 0.05) is 16.6 Å². The van der Waals surface area contributed by atoms with Gasteiger partial charge in [0.15, 0.2) is 0 Å². The van der Waals surface area contributed by atoms with E-state index in [1.165, 1.54) is 5.56 Å². The minimum Gasteiger partial charge on any atom is -0.322 e. The summed E-state index contributed by atoms with van der Waals surface area (Å²) >= 11 is 3.29. The Labute approximate surface area is 115 Å². The van der Waals surface area contributed by atoms with Crippen molar-refractivity contribution in [3.63, 3.8) is 0 Å². The van der Waals surface area contributed by atoms with E-state index < -0.39 is 0 Å². The lowest BCUT2D eigenvalue weighted by Gasteiger charge is -2.07. The maximum Gasteiger partial charge on any atom is 0.252 e. The third-order valence-electron chi connectivity index (χ3n) is 3.02. The normalized spacial score (nSPS) is 10.9. The third kappa shape index (κ3) is 2.72. The summed E-state index contributed by atoms with van der Waals surface area (Å²) < 4.78 is 0. The molecule has 2 nitrogen and oxygen atoms in total. The molecule has 0 amide bonds. The minimum absolute atomic E-state index is 0.0303. The fourth-order valence-electron chi connectivity index (χ4n) is 1.83. The van der Waals surface area contributed by atoms with Crippen LogP contribution in [0.2, 0.25) is 0 Å². The second-order valence-electron chi connectivity index (χ2n) is 4.64. The van der Waals surface area contributed by atoms with E-state index in [2.05, 4.69) is 59.0 Å². The van der Waals surface area contributed by atoms with Gasteiger partial charge in [0.05, 0.1) is 0 Å². The van der Waals surface area contributed by atoms with E-state index in [1.54, 1.807) is 0 Å². The predicted octanol–water partition coefficient (Wildman–Crippen LogP) is 4.06. The fraction of sp³-hybridized carbons (Fsp3) is 0.267. The Morgan fingerprint density at radius 3 is 2.28 bits per heavy atom. The molecular formula is C15H16BrNO. The standard InChI is InChI=1S/C15H16BrNO/c1-10(2)11-3-5-12(6-4-11)14-8-7-13(9-16)15(18)17-14/h3-8,10H,9H2,1-2H3,(H,17,18). The van der Waals surface area contributed by atoms with Gasteiger partial charge in [-0.2, -0.15) is 0 Å². The Balaban J connectivity index is 2.37. The Hall–Kier alpha value is -1.35. The van der Waals surface area contributed by atoms with Gasteiger partial charge in [-0.1, -0.05) is 60.1 Å². The molecule has 0 saturated heterocycles. The summed E-state index contributed by atoms with van der Waals surface area (Å²) in [6, 6.07) is 12.1. The van der Waals surface area contributed by atoms with Crippen LogP contribution < -0.4 is 5.56 Å². The molecule has 0 atom stereocenters. The first-order chi connectivity index (χ1) is 8.61. The second-order valence-corrected chi connectivity index (χ2v) is 5.20. The Morgan fingerprint density at radius 1 is 1.11 bits per heavy atom. The quantitative estimate of drug-likeness (QED) is 0.852. The Kier molecular flexibility index (Phi) is 4.02. The number of benzene rings is 1. The number of alkyl halides is 1. The first-order valence-corrected chi connectivity index (χ1v) is 7.12.